The third-order valence-electron chi connectivity index (χ3n) is 2.31. The molecule has 0 spiro atoms. The summed E-state index contributed by atoms with van der Waals surface area (Å²) < 4.78 is 0. The van der Waals surface area contributed by atoms with Crippen LogP contribution >= 0.6 is 0 Å². The molecule has 0 saturated carbocycles. The smallest absolute Gasteiger partial charge is 0.426 e. The Morgan fingerprint density at radius 1 is 1.64 bits per heavy atom. The van der Waals surface area contributed by atoms with E-state index in [-0.39, 0.29) is 25.4 Å². The Kier molecular flexibility index (Phi) is 3.88. The van der Waals surface area contributed by atoms with Crippen LogP contribution in [0, 0.1) is 0 Å². The molecular formula is C7H15BN2O4. The number of hydrogen-bond donors (Lipinski definition) is 4. The predicted octanol–water partition coefficient (Wildman–Crippen LogP) is -2.82. The zero-order chi connectivity index (χ0) is 10.7. The Labute approximate surface area is 82.7 Å². The summed E-state index contributed by atoms with van der Waals surface area (Å²) in [6.45, 7) is 0.304. The quantitative estimate of drug-likeness (QED) is 0.370. The number of hydrogen-bond acceptors (Lipinski definition) is 5. The van der Waals surface area contributed by atoms with Gasteiger partial charge in [0, 0.05) is 6.54 Å². The van der Waals surface area contributed by atoms with Gasteiger partial charge in [-0.25, -0.2) is 0 Å². The van der Waals surface area contributed by atoms with Crippen LogP contribution in [-0.4, -0.2) is 65.3 Å². The van der Waals surface area contributed by atoms with Crippen LogP contribution in [0.3, 0.4) is 0 Å². The van der Waals surface area contributed by atoms with Crippen LogP contribution in [-0.2, 0) is 4.79 Å². The Balaban J connectivity index is 2.61. The molecule has 0 radical (unpaired) electrons. The Morgan fingerprint density at radius 2 is 2.29 bits per heavy atom. The Morgan fingerprint density at radius 3 is 2.79 bits per heavy atom. The van der Waals surface area contributed by atoms with Crippen LogP contribution in [0.2, 0.25) is 0 Å². The van der Waals surface area contributed by atoms with Gasteiger partial charge < -0.3 is 25.4 Å². The molecule has 14 heavy (non-hydrogen) atoms. The zero-order valence-corrected chi connectivity index (χ0v) is 8.05. The number of aliphatic hydroxyl groups is 1. The molecule has 1 heterocycles. The van der Waals surface area contributed by atoms with Crippen molar-refractivity contribution in [2.45, 2.75) is 18.5 Å². The van der Waals surface area contributed by atoms with E-state index in [1.165, 1.54) is 4.90 Å². The van der Waals surface area contributed by atoms with E-state index in [1.807, 2.05) is 0 Å². The molecule has 1 fully saturated rings. The minimum atomic E-state index is -1.59. The lowest BCUT2D eigenvalue weighted by Crippen LogP contribution is -2.48. The van der Waals surface area contributed by atoms with Crippen LogP contribution in [0.1, 0.15) is 6.42 Å². The van der Waals surface area contributed by atoms with Crippen molar-refractivity contribution in [2.75, 3.05) is 20.1 Å². The Hall–Kier alpha value is -0.625. The fourth-order valence-corrected chi connectivity index (χ4v) is 1.67. The maximum Gasteiger partial charge on any atom is 0.475 e. The molecule has 1 rings (SSSR count). The fraction of sp³-hybridized carbons (Fsp3) is 0.857. The third-order valence-corrected chi connectivity index (χ3v) is 2.31. The average Bonchev–Trinajstić information content (AvgIpc) is 2.48. The van der Waals surface area contributed by atoms with Crippen molar-refractivity contribution in [3.8, 4) is 0 Å². The van der Waals surface area contributed by atoms with E-state index in [9.17, 15) is 9.90 Å². The molecule has 80 valence electrons. The molecule has 1 saturated heterocycles. The standard InChI is InChI=1S/C7H15BN2O4/c1-9-3-7(12)10-4-5(11)2-6(10)8(13)14/h5-6,9,11,13-14H,2-4H2,1H3. The van der Waals surface area contributed by atoms with Crippen molar-refractivity contribution >= 4 is 13.0 Å². The topological polar surface area (TPSA) is 93.0 Å². The fourth-order valence-electron chi connectivity index (χ4n) is 1.67. The van der Waals surface area contributed by atoms with Crippen LogP contribution < -0.4 is 5.32 Å². The molecule has 0 aromatic heterocycles. The first-order valence-electron chi connectivity index (χ1n) is 4.54. The van der Waals surface area contributed by atoms with E-state index in [1.54, 1.807) is 7.05 Å². The molecule has 1 aliphatic rings. The van der Waals surface area contributed by atoms with Crippen molar-refractivity contribution in [3.63, 3.8) is 0 Å². The second-order valence-corrected chi connectivity index (χ2v) is 3.45. The normalized spacial score (nSPS) is 26.7. The summed E-state index contributed by atoms with van der Waals surface area (Å²) in [5.74, 6) is -0.923. The van der Waals surface area contributed by atoms with E-state index in [0.29, 0.717) is 0 Å². The average molecular weight is 202 g/mol. The van der Waals surface area contributed by atoms with E-state index in [4.69, 9.17) is 10.0 Å². The molecule has 0 aliphatic carbocycles. The van der Waals surface area contributed by atoms with E-state index in [0.717, 1.165) is 0 Å². The molecule has 4 N–H and O–H groups in total. The van der Waals surface area contributed by atoms with Crippen molar-refractivity contribution in [3.05, 3.63) is 0 Å². The van der Waals surface area contributed by atoms with E-state index < -0.39 is 19.2 Å². The van der Waals surface area contributed by atoms with Crippen LogP contribution in [0.5, 0.6) is 0 Å². The summed E-state index contributed by atoms with van der Waals surface area (Å²) in [7, 11) is 0.0439. The summed E-state index contributed by atoms with van der Waals surface area (Å²) in [5.41, 5.74) is 0. The number of carbonyl (C=O) groups is 1. The largest absolute Gasteiger partial charge is 0.475 e. The summed E-state index contributed by atoms with van der Waals surface area (Å²) in [4.78, 5) is 12.7. The van der Waals surface area contributed by atoms with Gasteiger partial charge in [-0.15, -0.1) is 0 Å². The number of aliphatic hydroxyl groups excluding tert-OH is 1. The molecule has 0 aromatic rings. The predicted molar refractivity (Wildman–Crippen MR) is 50.2 cm³/mol. The number of β-amino-alcohol motifs (C(OH)–C–C–N with tert-alkyl or cyclic N) is 1. The molecule has 0 aromatic carbocycles. The van der Waals surface area contributed by atoms with Crippen molar-refractivity contribution < 1.29 is 19.9 Å². The maximum atomic E-state index is 11.4. The molecular weight excluding hydrogens is 187 g/mol. The van der Waals surface area contributed by atoms with Gasteiger partial charge in [-0.05, 0) is 13.5 Å². The highest BCUT2D eigenvalue weighted by Crippen LogP contribution is 2.18. The minimum absolute atomic E-state index is 0.135. The van der Waals surface area contributed by atoms with Gasteiger partial charge >= 0.3 is 7.12 Å². The number of likely N-dealkylation sites (tertiary alicyclic amines) is 1. The number of nitrogens with one attached hydrogen (secondary N) is 1. The number of rotatable bonds is 3. The first-order valence-corrected chi connectivity index (χ1v) is 4.54. The lowest BCUT2D eigenvalue weighted by atomic mass is 9.77. The van der Waals surface area contributed by atoms with E-state index in [2.05, 4.69) is 5.32 Å². The second kappa shape index (κ2) is 4.74. The number of carbonyl (C=O) groups excluding carboxylic acids is 1. The summed E-state index contributed by atoms with van der Waals surface area (Å²) in [6, 6.07) is 0. The minimum Gasteiger partial charge on any atom is -0.426 e. The van der Waals surface area contributed by atoms with Gasteiger partial charge in [0.05, 0.1) is 18.6 Å². The second-order valence-electron chi connectivity index (χ2n) is 3.45. The highest BCUT2D eigenvalue weighted by molar-refractivity contribution is 6.43. The van der Waals surface area contributed by atoms with Gasteiger partial charge in [0.1, 0.15) is 0 Å². The molecule has 2 unspecified atom stereocenters. The SMILES string of the molecule is CNCC(=O)N1CC(O)CC1B(O)O. The summed E-state index contributed by atoms with van der Waals surface area (Å²) in [6.07, 6.45) is -0.449. The van der Waals surface area contributed by atoms with Crippen LogP contribution in [0.25, 0.3) is 0 Å². The monoisotopic (exact) mass is 202 g/mol. The van der Waals surface area contributed by atoms with Gasteiger partial charge in [0.2, 0.25) is 5.91 Å². The number of likely N-dealkylation sites (N-methyl/N-ethyl adjacent to an activating group) is 1. The first-order chi connectivity index (χ1) is 6.56. The van der Waals surface area contributed by atoms with Crippen molar-refractivity contribution in [1.29, 1.82) is 0 Å². The third kappa shape index (κ3) is 2.45. The lowest BCUT2D eigenvalue weighted by Gasteiger charge is -2.23. The summed E-state index contributed by atoms with van der Waals surface area (Å²) >= 11 is 0. The lowest BCUT2D eigenvalue weighted by molar-refractivity contribution is -0.130. The molecule has 0 bridgehead atoms. The van der Waals surface area contributed by atoms with Crippen LogP contribution in [0.4, 0.5) is 0 Å². The molecule has 7 heteroatoms. The zero-order valence-electron chi connectivity index (χ0n) is 8.05. The molecule has 1 aliphatic heterocycles. The highest BCUT2D eigenvalue weighted by atomic mass is 16.4. The molecule has 1 amide bonds. The number of amides is 1. The van der Waals surface area contributed by atoms with Crippen LogP contribution in [0.15, 0.2) is 0 Å². The first kappa shape index (κ1) is 11.4. The van der Waals surface area contributed by atoms with Crippen molar-refractivity contribution in [2.24, 2.45) is 0 Å². The van der Waals surface area contributed by atoms with Gasteiger partial charge in [0.15, 0.2) is 0 Å². The van der Waals surface area contributed by atoms with Gasteiger partial charge in [-0.1, -0.05) is 0 Å². The summed E-state index contributed by atoms with van der Waals surface area (Å²) in [5, 5.41) is 30.0. The van der Waals surface area contributed by atoms with Gasteiger partial charge in [-0.2, -0.15) is 0 Å². The maximum absolute atomic E-state index is 11.4. The molecule has 2 atom stereocenters. The highest BCUT2D eigenvalue weighted by Gasteiger charge is 2.40. The van der Waals surface area contributed by atoms with Crippen molar-refractivity contribution in [1.82, 2.24) is 10.2 Å². The van der Waals surface area contributed by atoms with E-state index >= 15 is 0 Å². The molecule has 6 nitrogen and oxygen atoms in total. The number of nitrogens with zero attached hydrogens (tertiary/aromatic N) is 1. The van der Waals surface area contributed by atoms with Gasteiger partial charge in [0.25, 0.3) is 0 Å². The van der Waals surface area contributed by atoms with Gasteiger partial charge in [-0.3, -0.25) is 4.79 Å². The Bertz CT molecular complexity index is 214.